The van der Waals surface area contributed by atoms with Gasteiger partial charge in [0, 0.05) is 37.1 Å². The minimum absolute atomic E-state index is 0.469. The van der Waals surface area contributed by atoms with Crippen molar-refractivity contribution >= 4 is 48.0 Å². The summed E-state index contributed by atoms with van der Waals surface area (Å²) in [5.74, 6) is 0. The summed E-state index contributed by atoms with van der Waals surface area (Å²) in [4.78, 5) is 5.30. The summed E-state index contributed by atoms with van der Waals surface area (Å²) in [6.07, 6.45) is 1.85. The Balaban J connectivity index is 1.80. The molecule has 0 saturated heterocycles. The summed E-state index contributed by atoms with van der Waals surface area (Å²) in [7, 11) is 0. The second-order valence-electron chi connectivity index (χ2n) is 3.99. The molecule has 3 heterocycles. The lowest BCUT2D eigenvalue weighted by Crippen LogP contribution is -2.01. The molecule has 1 atom stereocenters. The van der Waals surface area contributed by atoms with Crippen molar-refractivity contribution in [2.24, 2.45) is 0 Å². The summed E-state index contributed by atoms with van der Waals surface area (Å²) in [6.45, 7) is 0. The number of hydrogen-bond donors (Lipinski definition) is 1. The first-order chi connectivity index (χ1) is 8.72. The molecule has 0 aliphatic carbocycles. The van der Waals surface area contributed by atoms with Crippen LogP contribution in [0.25, 0.3) is 9.40 Å². The van der Waals surface area contributed by atoms with Gasteiger partial charge in [-0.15, -0.1) is 22.7 Å². The molecule has 3 aromatic rings. The zero-order valence-electron chi connectivity index (χ0n) is 9.34. The lowest BCUT2D eigenvalue weighted by Gasteiger charge is -2.07. The number of aliphatic hydroxyl groups is 1. The van der Waals surface area contributed by atoms with Crippen molar-refractivity contribution in [1.82, 2.24) is 4.98 Å². The van der Waals surface area contributed by atoms with Gasteiger partial charge in [0.2, 0.25) is 0 Å². The molecule has 3 rings (SSSR count). The monoisotopic (exact) mass is 339 g/mol. The molecule has 0 radical (unpaired) electrons. The maximum atomic E-state index is 10.2. The first kappa shape index (κ1) is 12.3. The predicted octanol–water partition coefficient (Wildman–Crippen LogP) is 4.40. The van der Waals surface area contributed by atoms with E-state index in [0.29, 0.717) is 6.42 Å². The Kier molecular flexibility index (Phi) is 3.48. The fourth-order valence-electron chi connectivity index (χ4n) is 1.77. The summed E-state index contributed by atoms with van der Waals surface area (Å²) >= 11 is 6.72. The highest BCUT2D eigenvalue weighted by molar-refractivity contribution is 9.10. The van der Waals surface area contributed by atoms with Gasteiger partial charge in [0.15, 0.2) is 0 Å². The third-order valence-electron chi connectivity index (χ3n) is 2.68. The van der Waals surface area contributed by atoms with Crippen LogP contribution < -0.4 is 0 Å². The van der Waals surface area contributed by atoms with Gasteiger partial charge >= 0.3 is 0 Å². The Bertz CT molecular complexity index is 630. The predicted molar refractivity (Wildman–Crippen MR) is 80.3 cm³/mol. The number of thiophene rings is 2. The van der Waals surface area contributed by atoms with Crippen LogP contribution in [0.3, 0.4) is 0 Å². The molecule has 0 spiro atoms. The van der Waals surface area contributed by atoms with E-state index in [1.54, 1.807) is 28.9 Å². The van der Waals surface area contributed by atoms with Crippen molar-refractivity contribution in [1.29, 1.82) is 0 Å². The maximum Gasteiger partial charge on any atom is 0.0937 e. The van der Waals surface area contributed by atoms with Gasteiger partial charge in [0.1, 0.15) is 0 Å². The molecule has 0 aromatic carbocycles. The van der Waals surface area contributed by atoms with E-state index in [2.05, 4.69) is 38.4 Å². The average Bonchev–Trinajstić information content (AvgIpc) is 2.92. The Hall–Kier alpha value is -0.750. The lowest BCUT2D eigenvalue weighted by molar-refractivity contribution is 0.181. The number of nitrogens with zero attached hydrogens (tertiary/aromatic N) is 1. The highest BCUT2D eigenvalue weighted by Gasteiger charge is 2.13. The van der Waals surface area contributed by atoms with Crippen LogP contribution in [0, 0.1) is 0 Å². The second kappa shape index (κ2) is 5.09. The van der Waals surface area contributed by atoms with Crippen LogP contribution in [0.5, 0.6) is 0 Å². The molecule has 0 saturated carbocycles. The lowest BCUT2D eigenvalue weighted by atomic mass is 10.1. The fraction of sp³-hybridized carbons (Fsp3) is 0.154. The van der Waals surface area contributed by atoms with E-state index >= 15 is 0 Å². The van der Waals surface area contributed by atoms with Gasteiger partial charge in [-0.25, -0.2) is 0 Å². The van der Waals surface area contributed by atoms with Crippen LogP contribution in [0.4, 0.5) is 0 Å². The molecular formula is C13H10BrNOS2. The number of halogens is 1. The van der Waals surface area contributed by atoms with E-state index in [9.17, 15) is 5.11 Å². The molecule has 0 aliphatic rings. The summed E-state index contributed by atoms with van der Waals surface area (Å²) in [5.41, 5.74) is 0.905. The van der Waals surface area contributed by atoms with E-state index < -0.39 is 6.10 Å². The van der Waals surface area contributed by atoms with Gasteiger partial charge in [0.05, 0.1) is 6.10 Å². The Morgan fingerprint density at radius 3 is 2.89 bits per heavy atom. The normalized spacial score (nSPS) is 13.0. The molecule has 18 heavy (non-hydrogen) atoms. The van der Waals surface area contributed by atoms with Crippen molar-refractivity contribution in [3.63, 3.8) is 0 Å². The molecule has 1 unspecified atom stereocenters. The van der Waals surface area contributed by atoms with Crippen molar-refractivity contribution in [2.75, 3.05) is 0 Å². The van der Waals surface area contributed by atoms with Crippen molar-refractivity contribution in [3.05, 3.63) is 50.9 Å². The number of rotatable bonds is 3. The van der Waals surface area contributed by atoms with Gasteiger partial charge in [-0.1, -0.05) is 0 Å². The number of aromatic nitrogens is 1. The zero-order valence-corrected chi connectivity index (χ0v) is 12.6. The third kappa shape index (κ3) is 2.49. The molecular weight excluding hydrogens is 330 g/mol. The smallest absolute Gasteiger partial charge is 0.0937 e. The Labute approximate surface area is 121 Å². The van der Waals surface area contributed by atoms with Crippen LogP contribution in [0.1, 0.15) is 16.7 Å². The third-order valence-corrected chi connectivity index (χ3v) is 5.34. The van der Waals surface area contributed by atoms with E-state index in [1.807, 2.05) is 12.1 Å². The molecule has 3 aromatic heterocycles. The largest absolute Gasteiger partial charge is 0.387 e. The van der Waals surface area contributed by atoms with Gasteiger partial charge < -0.3 is 5.11 Å². The average molecular weight is 340 g/mol. The van der Waals surface area contributed by atoms with Gasteiger partial charge in [-0.3, -0.25) is 4.98 Å². The van der Waals surface area contributed by atoms with Gasteiger partial charge in [-0.2, -0.15) is 0 Å². The van der Waals surface area contributed by atoms with E-state index in [0.717, 1.165) is 15.0 Å². The van der Waals surface area contributed by atoms with Crippen molar-refractivity contribution < 1.29 is 5.11 Å². The van der Waals surface area contributed by atoms with Crippen molar-refractivity contribution in [2.45, 2.75) is 12.5 Å². The molecule has 0 amide bonds. The summed E-state index contributed by atoms with van der Waals surface area (Å²) < 4.78 is 3.45. The van der Waals surface area contributed by atoms with E-state index in [4.69, 9.17) is 0 Å². The van der Waals surface area contributed by atoms with Crippen LogP contribution in [-0.4, -0.2) is 10.1 Å². The fourth-order valence-corrected chi connectivity index (χ4v) is 4.11. The van der Waals surface area contributed by atoms with Gasteiger partial charge in [0.25, 0.3) is 0 Å². The second-order valence-corrected chi connectivity index (χ2v) is 6.96. The zero-order chi connectivity index (χ0) is 12.5. The highest BCUT2D eigenvalue weighted by atomic mass is 79.9. The van der Waals surface area contributed by atoms with Crippen LogP contribution in [-0.2, 0) is 6.42 Å². The highest BCUT2D eigenvalue weighted by Crippen LogP contribution is 2.34. The molecule has 1 N–H and O–H groups in total. The molecule has 2 nitrogen and oxygen atoms in total. The minimum Gasteiger partial charge on any atom is -0.387 e. The molecule has 0 fully saturated rings. The maximum absolute atomic E-state index is 10.2. The molecule has 92 valence electrons. The summed E-state index contributed by atoms with van der Waals surface area (Å²) in [6, 6.07) is 8.05. The van der Waals surface area contributed by atoms with Crippen LogP contribution >= 0.6 is 38.6 Å². The molecule has 0 aliphatic heterocycles. The first-order valence-electron chi connectivity index (χ1n) is 5.48. The van der Waals surface area contributed by atoms with Crippen molar-refractivity contribution in [3.8, 4) is 0 Å². The minimum atomic E-state index is -0.469. The van der Waals surface area contributed by atoms with Crippen LogP contribution in [0.15, 0.2) is 40.3 Å². The quantitative estimate of drug-likeness (QED) is 0.767. The summed E-state index contributed by atoms with van der Waals surface area (Å²) in [5, 5.41) is 12.3. The van der Waals surface area contributed by atoms with Crippen LogP contribution in [0.2, 0.25) is 0 Å². The Morgan fingerprint density at radius 1 is 1.28 bits per heavy atom. The van der Waals surface area contributed by atoms with E-state index in [-0.39, 0.29) is 0 Å². The number of hydrogen-bond acceptors (Lipinski definition) is 4. The molecule has 5 heteroatoms. The standard InChI is InChI=1S/C13H10BrNOS2/c14-8-1-2-9(15-7-8)5-10(16)12-6-13-11(18-12)3-4-17-13/h1-4,6-7,10,16H,5H2. The number of fused-ring (bicyclic) bond motifs is 1. The Morgan fingerprint density at radius 2 is 2.17 bits per heavy atom. The number of pyridine rings is 1. The number of aliphatic hydroxyl groups excluding tert-OH is 1. The first-order valence-corrected chi connectivity index (χ1v) is 7.97. The SMILES string of the molecule is OC(Cc1ccc(Br)cn1)c1cc2sccc2s1. The van der Waals surface area contributed by atoms with Gasteiger partial charge in [-0.05, 0) is 45.6 Å². The topological polar surface area (TPSA) is 33.1 Å². The molecule has 0 bridgehead atoms. The van der Waals surface area contributed by atoms with E-state index in [1.165, 1.54) is 9.40 Å².